The van der Waals surface area contributed by atoms with Crippen molar-refractivity contribution in [1.29, 1.82) is 0 Å². The number of hydrogen-bond acceptors (Lipinski definition) is 3. The second-order valence-corrected chi connectivity index (χ2v) is 6.25. The quantitative estimate of drug-likeness (QED) is 0.699. The van der Waals surface area contributed by atoms with Crippen molar-refractivity contribution < 1.29 is 9.90 Å². The lowest BCUT2D eigenvalue weighted by atomic mass is 9.86. The van der Waals surface area contributed by atoms with Crippen molar-refractivity contribution in [3.63, 3.8) is 0 Å². The molecule has 3 aliphatic rings. The number of rotatable bonds is 1. The number of carbonyl (C=O) groups excluding carboxylic acids is 1. The minimum absolute atomic E-state index is 0.169. The molecule has 3 rings (SSSR count). The van der Waals surface area contributed by atoms with Crippen LogP contribution in [0.5, 0.6) is 0 Å². The fourth-order valence-electron chi connectivity index (χ4n) is 3.74. The van der Waals surface area contributed by atoms with Gasteiger partial charge in [-0.1, -0.05) is 0 Å². The van der Waals surface area contributed by atoms with Crippen molar-refractivity contribution in [3.05, 3.63) is 0 Å². The summed E-state index contributed by atoms with van der Waals surface area (Å²) in [5.74, 6) is 0.437. The fourth-order valence-corrected chi connectivity index (χ4v) is 3.74. The molecule has 2 bridgehead atoms. The maximum absolute atomic E-state index is 12.5. The molecule has 0 saturated carbocycles. The zero-order valence-electron chi connectivity index (χ0n) is 10.5. The molecule has 0 aromatic rings. The first-order chi connectivity index (χ1) is 8.05. The Morgan fingerprint density at radius 1 is 1.47 bits per heavy atom. The molecule has 0 aromatic carbocycles. The Morgan fingerprint density at radius 2 is 2.29 bits per heavy atom. The Labute approximate surface area is 102 Å². The molecule has 4 heteroatoms. The van der Waals surface area contributed by atoms with Crippen LogP contribution in [0.25, 0.3) is 0 Å². The minimum atomic E-state index is -0.682. The zero-order valence-corrected chi connectivity index (χ0v) is 10.5. The number of β-amino-alcohol motifs (C(OH)–C–C–N with tert-alkyl or cyclic N) is 1. The molecule has 0 spiro atoms. The van der Waals surface area contributed by atoms with Gasteiger partial charge in [0.05, 0.1) is 11.5 Å². The molecule has 4 unspecified atom stereocenters. The highest BCUT2D eigenvalue weighted by molar-refractivity contribution is 5.80. The highest BCUT2D eigenvalue weighted by Gasteiger charge is 2.45. The highest BCUT2D eigenvalue weighted by Crippen LogP contribution is 2.35. The van der Waals surface area contributed by atoms with Gasteiger partial charge in [-0.05, 0) is 39.0 Å². The van der Waals surface area contributed by atoms with E-state index in [0.717, 1.165) is 32.2 Å². The van der Waals surface area contributed by atoms with Crippen LogP contribution in [-0.2, 0) is 4.79 Å². The van der Waals surface area contributed by atoms with Gasteiger partial charge in [-0.3, -0.25) is 4.79 Å². The van der Waals surface area contributed by atoms with Crippen LogP contribution in [0.1, 0.15) is 39.0 Å². The third-order valence-electron chi connectivity index (χ3n) is 4.60. The molecule has 2 N–H and O–H groups in total. The number of hydrogen-bond donors (Lipinski definition) is 2. The second kappa shape index (κ2) is 3.95. The van der Waals surface area contributed by atoms with Gasteiger partial charge >= 0.3 is 0 Å². The standard InChI is InChI=1S/C13H22N2O2/c1-13(17)5-2-6-15(8-13)12(16)10-7-9-3-4-11(10)14-9/h9-11,14,17H,2-8H2,1H3. The molecule has 0 aliphatic carbocycles. The molecule has 1 amide bonds. The summed E-state index contributed by atoms with van der Waals surface area (Å²) in [7, 11) is 0. The maximum atomic E-state index is 12.5. The van der Waals surface area contributed by atoms with E-state index >= 15 is 0 Å². The third-order valence-corrected chi connectivity index (χ3v) is 4.60. The fraction of sp³-hybridized carbons (Fsp3) is 0.923. The van der Waals surface area contributed by atoms with Gasteiger partial charge in [0.2, 0.25) is 5.91 Å². The predicted molar refractivity (Wildman–Crippen MR) is 64.5 cm³/mol. The van der Waals surface area contributed by atoms with E-state index in [0.29, 0.717) is 18.6 Å². The number of piperidine rings is 1. The molecule has 0 aromatic heterocycles. The van der Waals surface area contributed by atoms with E-state index in [1.807, 2.05) is 11.8 Å². The van der Waals surface area contributed by atoms with Crippen LogP contribution >= 0.6 is 0 Å². The number of nitrogens with zero attached hydrogens (tertiary/aromatic N) is 1. The van der Waals surface area contributed by atoms with Crippen LogP contribution in [0, 0.1) is 5.92 Å². The van der Waals surface area contributed by atoms with Gasteiger partial charge in [-0.15, -0.1) is 0 Å². The number of fused-ring (bicyclic) bond motifs is 2. The molecule has 3 fully saturated rings. The van der Waals surface area contributed by atoms with Gasteiger partial charge in [0.1, 0.15) is 0 Å². The summed E-state index contributed by atoms with van der Waals surface area (Å²) in [5, 5.41) is 13.6. The summed E-state index contributed by atoms with van der Waals surface area (Å²) in [5.41, 5.74) is -0.682. The van der Waals surface area contributed by atoms with Crippen molar-refractivity contribution in [2.24, 2.45) is 5.92 Å². The first kappa shape index (κ1) is 11.5. The van der Waals surface area contributed by atoms with Crippen LogP contribution in [-0.4, -0.2) is 46.7 Å². The largest absolute Gasteiger partial charge is 0.388 e. The summed E-state index contributed by atoms with van der Waals surface area (Å²) in [6, 6.07) is 0.971. The van der Waals surface area contributed by atoms with E-state index < -0.39 is 5.60 Å². The number of carbonyl (C=O) groups is 1. The molecule has 3 aliphatic heterocycles. The molecule has 96 valence electrons. The summed E-state index contributed by atoms with van der Waals surface area (Å²) in [6.07, 6.45) is 5.11. The monoisotopic (exact) mass is 238 g/mol. The van der Waals surface area contributed by atoms with Gasteiger partial charge in [0.25, 0.3) is 0 Å². The number of likely N-dealkylation sites (tertiary alicyclic amines) is 1. The minimum Gasteiger partial charge on any atom is -0.388 e. The smallest absolute Gasteiger partial charge is 0.227 e. The van der Waals surface area contributed by atoms with E-state index in [1.165, 1.54) is 6.42 Å². The van der Waals surface area contributed by atoms with Crippen molar-refractivity contribution in [1.82, 2.24) is 10.2 Å². The Morgan fingerprint density at radius 3 is 2.88 bits per heavy atom. The number of nitrogens with one attached hydrogen (secondary N) is 1. The Bertz CT molecular complexity index is 329. The van der Waals surface area contributed by atoms with Crippen LogP contribution in [0.2, 0.25) is 0 Å². The van der Waals surface area contributed by atoms with Gasteiger partial charge in [0, 0.05) is 25.2 Å². The molecule has 4 nitrogen and oxygen atoms in total. The Kier molecular flexibility index (Phi) is 2.67. The summed E-state index contributed by atoms with van der Waals surface area (Å²) < 4.78 is 0. The van der Waals surface area contributed by atoms with E-state index in [4.69, 9.17) is 0 Å². The molecule has 4 atom stereocenters. The molecular formula is C13H22N2O2. The zero-order chi connectivity index (χ0) is 12.0. The van der Waals surface area contributed by atoms with Crippen LogP contribution in [0.4, 0.5) is 0 Å². The van der Waals surface area contributed by atoms with E-state index in [9.17, 15) is 9.90 Å². The lowest BCUT2D eigenvalue weighted by Gasteiger charge is -2.38. The molecule has 3 saturated heterocycles. The third kappa shape index (κ3) is 2.08. The first-order valence-corrected chi connectivity index (χ1v) is 6.82. The van der Waals surface area contributed by atoms with Crippen molar-refractivity contribution in [3.8, 4) is 0 Å². The predicted octanol–water partition coefficient (Wildman–Crippen LogP) is 0.500. The van der Waals surface area contributed by atoms with Crippen molar-refractivity contribution >= 4 is 5.91 Å². The van der Waals surface area contributed by atoms with Crippen LogP contribution < -0.4 is 5.32 Å². The second-order valence-electron chi connectivity index (χ2n) is 6.25. The topological polar surface area (TPSA) is 52.6 Å². The van der Waals surface area contributed by atoms with E-state index in [2.05, 4.69) is 5.32 Å². The highest BCUT2D eigenvalue weighted by atomic mass is 16.3. The lowest BCUT2D eigenvalue weighted by Crippen LogP contribution is -2.51. The Balaban J connectivity index is 1.66. The molecule has 0 radical (unpaired) electrons. The van der Waals surface area contributed by atoms with E-state index in [-0.39, 0.29) is 11.8 Å². The average Bonchev–Trinajstić information content (AvgIpc) is 2.88. The average molecular weight is 238 g/mol. The van der Waals surface area contributed by atoms with Crippen LogP contribution in [0.15, 0.2) is 0 Å². The van der Waals surface area contributed by atoms with Gasteiger partial charge in [0.15, 0.2) is 0 Å². The molecular weight excluding hydrogens is 216 g/mol. The normalized spacial score (nSPS) is 45.3. The summed E-state index contributed by atoms with van der Waals surface area (Å²) in [6.45, 7) is 3.17. The van der Waals surface area contributed by atoms with Gasteiger partial charge < -0.3 is 15.3 Å². The summed E-state index contributed by atoms with van der Waals surface area (Å²) in [4.78, 5) is 14.3. The first-order valence-electron chi connectivity index (χ1n) is 6.82. The van der Waals surface area contributed by atoms with Gasteiger partial charge in [-0.2, -0.15) is 0 Å². The number of amides is 1. The van der Waals surface area contributed by atoms with Crippen molar-refractivity contribution in [2.45, 2.75) is 56.7 Å². The van der Waals surface area contributed by atoms with Gasteiger partial charge in [-0.25, -0.2) is 0 Å². The van der Waals surface area contributed by atoms with E-state index in [1.54, 1.807) is 0 Å². The number of aliphatic hydroxyl groups is 1. The molecule has 17 heavy (non-hydrogen) atoms. The summed E-state index contributed by atoms with van der Waals surface area (Å²) >= 11 is 0. The lowest BCUT2D eigenvalue weighted by molar-refractivity contribution is -0.142. The SMILES string of the molecule is CC1(O)CCCN(C(=O)C2CC3CCC2N3)C1. The maximum Gasteiger partial charge on any atom is 0.227 e. The Hall–Kier alpha value is -0.610. The van der Waals surface area contributed by atoms with Crippen molar-refractivity contribution in [2.75, 3.05) is 13.1 Å². The molecule has 3 heterocycles. The van der Waals surface area contributed by atoms with Crippen LogP contribution in [0.3, 0.4) is 0 Å².